The second kappa shape index (κ2) is 3.82. The van der Waals surface area contributed by atoms with Crippen LogP contribution in [0, 0.1) is 10.1 Å². The van der Waals surface area contributed by atoms with Gasteiger partial charge in [-0.3, -0.25) is 10.1 Å². The number of hydrogen-bond acceptors (Lipinski definition) is 5. The fourth-order valence-corrected chi connectivity index (χ4v) is 1.02. The summed E-state index contributed by atoms with van der Waals surface area (Å²) in [5, 5.41) is 37.3. The maximum atomic E-state index is 10.0. The maximum Gasteiger partial charge on any atom is 0.208 e. The smallest absolute Gasteiger partial charge is 0.208 e. The standard InChI is InChI=1S/C8H9NO5/c10-6-2-1-5(3-4-9(13)14)7(11)8(6)12/h1-2,10-12H,3-4H2. The van der Waals surface area contributed by atoms with Crippen LogP contribution in [0.2, 0.25) is 0 Å². The first-order valence-electron chi connectivity index (χ1n) is 3.87. The molecule has 0 atom stereocenters. The third-order valence-corrected chi connectivity index (χ3v) is 1.78. The van der Waals surface area contributed by atoms with Gasteiger partial charge in [-0.2, -0.15) is 0 Å². The quantitative estimate of drug-likeness (QED) is 0.376. The van der Waals surface area contributed by atoms with E-state index in [2.05, 4.69) is 0 Å². The summed E-state index contributed by atoms with van der Waals surface area (Å²) in [5.41, 5.74) is 0.233. The fourth-order valence-electron chi connectivity index (χ4n) is 1.02. The van der Waals surface area contributed by atoms with Gasteiger partial charge in [-0.05, 0) is 6.07 Å². The molecule has 0 bridgehead atoms. The minimum Gasteiger partial charge on any atom is -0.504 e. The van der Waals surface area contributed by atoms with Gasteiger partial charge in [0.25, 0.3) is 0 Å². The zero-order valence-corrected chi connectivity index (χ0v) is 7.17. The Hall–Kier alpha value is -1.98. The molecule has 0 aliphatic rings. The minimum atomic E-state index is -0.647. The van der Waals surface area contributed by atoms with Crippen LogP contribution in [0.1, 0.15) is 5.56 Å². The van der Waals surface area contributed by atoms with Crippen molar-refractivity contribution >= 4 is 0 Å². The summed E-state index contributed by atoms with van der Waals surface area (Å²) in [6.45, 7) is -0.336. The number of benzene rings is 1. The van der Waals surface area contributed by atoms with Crippen LogP contribution in [0.4, 0.5) is 0 Å². The minimum absolute atomic E-state index is 0.00662. The average molecular weight is 199 g/mol. The topological polar surface area (TPSA) is 104 Å². The van der Waals surface area contributed by atoms with E-state index in [-0.39, 0.29) is 18.5 Å². The highest BCUT2D eigenvalue weighted by atomic mass is 16.6. The second-order valence-corrected chi connectivity index (χ2v) is 2.75. The molecule has 0 aromatic heterocycles. The van der Waals surface area contributed by atoms with Crippen molar-refractivity contribution in [3.05, 3.63) is 27.8 Å². The Morgan fingerprint density at radius 1 is 1.21 bits per heavy atom. The van der Waals surface area contributed by atoms with Gasteiger partial charge in [-0.25, -0.2) is 0 Å². The van der Waals surface area contributed by atoms with Crippen LogP contribution in [0.25, 0.3) is 0 Å². The van der Waals surface area contributed by atoms with Crippen LogP contribution >= 0.6 is 0 Å². The summed E-state index contributed by atoms with van der Waals surface area (Å²) in [5.74, 6) is -1.61. The maximum absolute atomic E-state index is 10.0. The molecule has 0 spiro atoms. The number of rotatable bonds is 3. The highest BCUT2D eigenvalue weighted by Gasteiger charge is 2.12. The zero-order chi connectivity index (χ0) is 10.7. The first-order valence-corrected chi connectivity index (χ1v) is 3.87. The molecule has 1 rings (SSSR count). The van der Waals surface area contributed by atoms with Gasteiger partial charge in [0, 0.05) is 16.9 Å². The number of aromatic hydroxyl groups is 3. The average Bonchev–Trinajstić information content (AvgIpc) is 2.13. The van der Waals surface area contributed by atoms with E-state index >= 15 is 0 Å². The normalized spacial score (nSPS) is 10.0. The lowest BCUT2D eigenvalue weighted by atomic mass is 10.1. The van der Waals surface area contributed by atoms with Crippen molar-refractivity contribution in [1.29, 1.82) is 0 Å². The summed E-state index contributed by atoms with van der Waals surface area (Å²) >= 11 is 0. The van der Waals surface area contributed by atoms with E-state index in [9.17, 15) is 15.2 Å². The third kappa shape index (κ3) is 2.03. The van der Waals surface area contributed by atoms with Crippen molar-refractivity contribution in [1.82, 2.24) is 0 Å². The molecule has 6 nitrogen and oxygen atoms in total. The molecule has 0 radical (unpaired) electrons. The number of hydrogen-bond donors (Lipinski definition) is 3. The van der Waals surface area contributed by atoms with Gasteiger partial charge in [-0.1, -0.05) is 6.07 Å². The molecule has 0 saturated heterocycles. The van der Waals surface area contributed by atoms with E-state index in [1.165, 1.54) is 12.1 Å². The van der Waals surface area contributed by atoms with E-state index in [0.717, 1.165) is 0 Å². The zero-order valence-electron chi connectivity index (χ0n) is 7.17. The van der Waals surface area contributed by atoms with Gasteiger partial charge in [0.2, 0.25) is 12.3 Å². The molecule has 0 amide bonds. The van der Waals surface area contributed by atoms with E-state index in [0.29, 0.717) is 0 Å². The van der Waals surface area contributed by atoms with Gasteiger partial charge >= 0.3 is 0 Å². The Morgan fingerprint density at radius 2 is 1.86 bits per heavy atom. The van der Waals surface area contributed by atoms with Gasteiger partial charge in [-0.15, -0.1) is 0 Å². The van der Waals surface area contributed by atoms with E-state index < -0.39 is 22.2 Å². The molecular formula is C8H9NO5. The van der Waals surface area contributed by atoms with Crippen LogP contribution in [0.5, 0.6) is 17.2 Å². The lowest BCUT2D eigenvalue weighted by Gasteiger charge is -2.05. The Bertz CT molecular complexity index is 363. The molecule has 0 heterocycles. The lowest BCUT2D eigenvalue weighted by Crippen LogP contribution is -2.03. The molecule has 3 N–H and O–H groups in total. The molecule has 0 aliphatic heterocycles. The molecule has 6 heteroatoms. The number of phenolic OH excluding ortho intramolecular Hbond substituents is 3. The van der Waals surface area contributed by atoms with Crippen molar-refractivity contribution in [2.45, 2.75) is 6.42 Å². The Labute approximate surface area is 79.2 Å². The number of phenols is 3. The molecule has 1 aromatic carbocycles. The largest absolute Gasteiger partial charge is 0.504 e. The van der Waals surface area contributed by atoms with Crippen molar-refractivity contribution in [2.24, 2.45) is 0 Å². The van der Waals surface area contributed by atoms with Crippen LogP contribution in [0.15, 0.2) is 12.1 Å². The lowest BCUT2D eigenvalue weighted by molar-refractivity contribution is -0.479. The predicted octanol–water partition coefficient (Wildman–Crippen LogP) is 0.623. The van der Waals surface area contributed by atoms with Gasteiger partial charge in [0.05, 0.1) is 0 Å². The summed E-state index contributed by atoms with van der Waals surface area (Å²) in [7, 11) is 0. The molecule has 0 saturated carbocycles. The monoisotopic (exact) mass is 199 g/mol. The first-order chi connectivity index (χ1) is 6.52. The highest BCUT2D eigenvalue weighted by molar-refractivity contribution is 5.53. The molecule has 76 valence electrons. The Kier molecular flexibility index (Phi) is 2.76. The van der Waals surface area contributed by atoms with Crippen LogP contribution in [-0.4, -0.2) is 26.8 Å². The van der Waals surface area contributed by atoms with Gasteiger partial charge in [0.15, 0.2) is 11.5 Å². The summed E-state index contributed by atoms with van der Waals surface area (Å²) in [4.78, 5) is 9.52. The second-order valence-electron chi connectivity index (χ2n) is 2.75. The molecule has 0 unspecified atom stereocenters. The highest BCUT2D eigenvalue weighted by Crippen LogP contribution is 2.37. The molecule has 1 aromatic rings. The van der Waals surface area contributed by atoms with Crippen LogP contribution < -0.4 is 0 Å². The van der Waals surface area contributed by atoms with Crippen molar-refractivity contribution in [3.63, 3.8) is 0 Å². The van der Waals surface area contributed by atoms with E-state index in [1.54, 1.807) is 0 Å². The van der Waals surface area contributed by atoms with E-state index in [1.807, 2.05) is 0 Å². The van der Waals surface area contributed by atoms with Gasteiger partial charge < -0.3 is 15.3 Å². The molecule has 0 fully saturated rings. The van der Waals surface area contributed by atoms with Gasteiger partial charge in [0.1, 0.15) is 0 Å². The van der Waals surface area contributed by atoms with Crippen LogP contribution in [-0.2, 0) is 6.42 Å². The number of nitro groups is 1. The molecule has 14 heavy (non-hydrogen) atoms. The summed E-state index contributed by atoms with van der Waals surface area (Å²) in [6.07, 6.45) is 0.00662. The van der Waals surface area contributed by atoms with Crippen molar-refractivity contribution in [3.8, 4) is 17.2 Å². The predicted molar refractivity (Wildman–Crippen MR) is 47.0 cm³/mol. The Morgan fingerprint density at radius 3 is 2.43 bits per heavy atom. The first kappa shape index (κ1) is 10.1. The molecule has 0 aliphatic carbocycles. The van der Waals surface area contributed by atoms with Crippen molar-refractivity contribution in [2.75, 3.05) is 6.54 Å². The van der Waals surface area contributed by atoms with Crippen LogP contribution in [0.3, 0.4) is 0 Å². The Balaban J connectivity index is 2.88. The van der Waals surface area contributed by atoms with E-state index in [4.69, 9.17) is 10.2 Å². The molecular weight excluding hydrogens is 190 g/mol. The number of nitrogens with zero attached hydrogens (tertiary/aromatic N) is 1. The third-order valence-electron chi connectivity index (χ3n) is 1.78. The summed E-state index contributed by atoms with van der Waals surface area (Å²) < 4.78 is 0. The SMILES string of the molecule is O=[N+]([O-])CCc1ccc(O)c(O)c1O. The fraction of sp³-hybridized carbons (Fsp3) is 0.250. The van der Waals surface area contributed by atoms with Crippen molar-refractivity contribution < 1.29 is 20.2 Å². The summed E-state index contributed by atoms with van der Waals surface area (Å²) in [6, 6.07) is 2.50.